The first kappa shape index (κ1) is 10.8. The van der Waals surface area contributed by atoms with Gasteiger partial charge in [0.05, 0.1) is 0 Å². The van der Waals surface area contributed by atoms with E-state index in [9.17, 15) is 0 Å². The van der Waals surface area contributed by atoms with Crippen LogP contribution in [0.5, 0.6) is 0 Å². The van der Waals surface area contributed by atoms with E-state index in [1.807, 2.05) is 0 Å². The molecular formula is C10H18S. The number of hydrogen-bond acceptors (Lipinski definition) is 1. The summed E-state index contributed by atoms with van der Waals surface area (Å²) < 4.78 is 0. The molecule has 0 saturated carbocycles. The predicted molar refractivity (Wildman–Crippen MR) is 55.6 cm³/mol. The minimum Gasteiger partial charge on any atom is -0.104 e. The van der Waals surface area contributed by atoms with Crippen LogP contribution in [0.15, 0.2) is 22.5 Å². The first-order valence-electron chi connectivity index (χ1n) is 4.11. The molecule has 64 valence electrons. The van der Waals surface area contributed by atoms with E-state index in [1.54, 1.807) is 11.8 Å². The van der Waals surface area contributed by atoms with Crippen LogP contribution in [0.3, 0.4) is 0 Å². The minimum absolute atomic E-state index is 0.776. The maximum atomic E-state index is 2.24. The highest BCUT2D eigenvalue weighted by molar-refractivity contribution is 8.05. The van der Waals surface area contributed by atoms with Crippen molar-refractivity contribution in [3.63, 3.8) is 0 Å². The fraction of sp³-hybridized carbons (Fsp3) is 0.600. The molecule has 0 saturated heterocycles. The van der Waals surface area contributed by atoms with E-state index < -0.39 is 0 Å². The Morgan fingerprint density at radius 3 is 2.55 bits per heavy atom. The lowest BCUT2D eigenvalue weighted by atomic mass is 10.1. The molecule has 0 N–H and O–H groups in total. The summed E-state index contributed by atoms with van der Waals surface area (Å²) in [5, 5.41) is 2.18. The second-order valence-corrected chi connectivity index (χ2v) is 4.17. The highest BCUT2D eigenvalue weighted by atomic mass is 32.2. The van der Waals surface area contributed by atoms with Gasteiger partial charge in [-0.15, -0.1) is 11.8 Å². The molecule has 0 spiro atoms. The van der Waals surface area contributed by atoms with Crippen LogP contribution in [0.25, 0.3) is 0 Å². The van der Waals surface area contributed by atoms with Gasteiger partial charge in [-0.05, 0) is 36.5 Å². The number of hydrogen-bond donors (Lipinski definition) is 0. The van der Waals surface area contributed by atoms with Crippen LogP contribution in [0.4, 0.5) is 0 Å². The Morgan fingerprint density at radius 1 is 1.45 bits per heavy atom. The Labute approximate surface area is 74.8 Å². The van der Waals surface area contributed by atoms with Crippen LogP contribution in [0.1, 0.15) is 34.1 Å². The smallest absolute Gasteiger partial charge is 0.0182 e. The second-order valence-electron chi connectivity index (χ2n) is 3.02. The number of thioether (sulfide) groups is 1. The molecule has 0 unspecified atom stereocenters. The Morgan fingerprint density at radius 2 is 2.09 bits per heavy atom. The van der Waals surface area contributed by atoms with E-state index in [0.29, 0.717) is 0 Å². The van der Waals surface area contributed by atoms with Crippen molar-refractivity contribution in [2.24, 2.45) is 5.92 Å². The van der Waals surface area contributed by atoms with Gasteiger partial charge in [0.2, 0.25) is 0 Å². The van der Waals surface area contributed by atoms with Crippen LogP contribution >= 0.6 is 11.8 Å². The molecule has 1 heteroatoms. The third-order valence-electron chi connectivity index (χ3n) is 1.36. The molecule has 0 amide bonds. The zero-order valence-corrected chi connectivity index (χ0v) is 8.74. The molecule has 0 aliphatic heterocycles. The first-order chi connectivity index (χ1) is 5.16. The molecule has 11 heavy (non-hydrogen) atoms. The zero-order chi connectivity index (χ0) is 8.69. The maximum absolute atomic E-state index is 2.24. The van der Waals surface area contributed by atoms with Gasteiger partial charge in [-0.2, -0.15) is 0 Å². The monoisotopic (exact) mass is 170 g/mol. The lowest BCUT2D eigenvalue weighted by Crippen LogP contribution is -1.80. The van der Waals surface area contributed by atoms with Crippen LogP contribution in [0, 0.1) is 5.92 Å². The molecule has 0 atom stereocenters. The fourth-order valence-corrected chi connectivity index (χ4v) is 1.11. The van der Waals surface area contributed by atoms with Crippen molar-refractivity contribution >= 4 is 11.8 Å². The van der Waals surface area contributed by atoms with Gasteiger partial charge < -0.3 is 0 Å². The highest BCUT2D eigenvalue weighted by Crippen LogP contribution is 2.16. The molecule has 0 radical (unpaired) electrons. The molecule has 0 rings (SSSR count). The topological polar surface area (TPSA) is 0 Å². The van der Waals surface area contributed by atoms with Crippen LogP contribution < -0.4 is 0 Å². The second kappa shape index (κ2) is 6.53. The largest absolute Gasteiger partial charge is 0.104 e. The van der Waals surface area contributed by atoms with E-state index in [2.05, 4.69) is 45.3 Å². The van der Waals surface area contributed by atoms with E-state index in [-0.39, 0.29) is 0 Å². The van der Waals surface area contributed by atoms with Crippen molar-refractivity contribution in [1.29, 1.82) is 0 Å². The van der Waals surface area contributed by atoms with Gasteiger partial charge in [0.25, 0.3) is 0 Å². The Kier molecular flexibility index (Phi) is 6.43. The van der Waals surface area contributed by atoms with Gasteiger partial charge in [0, 0.05) is 0 Å². The summed E-state index contributed by atoms with van der Waals surface area (Å²) in [6.45, 7) is 8.66. The third-order valence-corrected chi connectivity index (χ3v) is 2.30. The summed E-state index contributed by atoms with van der Waals surface area (Å²) in [5.74, 6) is 0.776. The van der Waals surface area contributed by atoms with Crippen molar-refractivity contribution in [1.82, 2.24) is 0 Å². The average Bonchev–Trinajstić information content (AvgIpc) is 1.97. The lowest BCUT2D eigenvalue weighted by Gasteiger charge is -1.96. The average molecular weight is 170 g/mol. The van der Waals surface area contributed by atoms with Gasteiger partial charge >= 0.3 is 0 Å². The summed E-state index contributed by atoms with van der Waals surface area (Å²) >= 11 is 1.80. The summed E-state index contributed by atoms with van der Waals surface area (Å²) in [7, 11) is 0. The third kappa shape index (κ3) is 7.73. The molecule has 0 aliphatic rings. The molecule has 0 fully saturated rings. The van der Waals surface area contributed by atoms with Crippen molar-refractivity contribution < 1.29 is 0 Å². The predicted octanol–water partition coefficient (Wildman–Crippen LogP) is 4.20. The van der Waals surface area contributed by atoms with Gasteiger partial charge in [0.1, 0.15) is 0 Å². The maximum Gasteiger partial charge on any atom is -0.0182 e. The van der Waals surface area contributed by atoms with E-state index in [1.165, 1.54) is 11.3 Å². The Bertz CT molecular complexity index is 143. The fourth-order valence-electron chi connectivity index (χ4n) is 0.551. The summed E-state index contributed by atoms with van der Waals surface area (Å²) in [5.41, 5.74) is 0. The molecular weight excluding hydrogens is 152 g/mol. The Hall–Kier alpha value is -0.170. The normalized spacial score (nSPS) is 13.4. The molecule has 0 heterocycles. The SMILES string of the molecule is C/C=C(/C)S/C=C\CC(C)C. The van der Waals surface area contributed by atoms with Crippen LogP contribution in [0.2, 0.25) is 0 Å². The van der Waals surface area contributed by atoms with E-state index in [0.717, 1.165) is 5.92 Å². The van der Waals surface area contributed by atoms with Gasteiger partial charge in [0.15, 0.2) is 0 Å². The molecule has 0 bridgehead atoms. The minimum atomic E-state index is 0.776. The van der Waals surface area contributed by atoms with E-state index >= 15 is 0 Å². The van der Waals surface area contributed by atoms with Gasteiger partial charge in [-0.1, -0.05) is 26.0 Å². The Balaban J connectivity index is 3.45. The van der Waals surface area contributed by atoms with E-state index in [4.69, 9.17) is 0 Å². The highest BCUT2D eigenvalue weighted by Gasteiger charge is 1.87. The standard InChI is InChI=1S/C10H18S/c1-5-10(4)11-8-6-7-9(2)3/h5-6,8-9H,7H2,1-4H3/b8-6-,10-5-. The lowest BCUT2D eigenvalue weighted by molar-refractivity contribution is 0.664. The number of rotatable bonds is 4. The molecule has 0 aromatic heterocycles. The van der Waals surface area contributed by atoms with Crippen molar-refractivity contribution in [2.45, 2.75) is 34.1 Å². The van der Waals surface area contributed by atoms with Crippen molar-refractivity contribution in [2.75, 3.05) is 0 Å². The van der Waals surface area contributed by atoms with Gasteiger partial charge in [-0.25, -0.2) is 0 Å². The van der Waals surface area contributed by atoms with Gasteiger partial charge in [-0.3, -0.25) is 0 Å². The van der Waals surface area contributed by atoms with Crippen molar-refractivity contribution in [3.8, 4) is 0 Å². The first-order valence-corrected chi connectivity index (χ1v) is 4.99. The molecule has 0 nitrogen and oxygen atoms in total. The number of allylic oxidation sites excluding steroid dienone is 3. The summed E-state index contributed by atoms with van der Waals surface area (Å²) in [6, 6.07) is 0. The molecule has 0 aromatic rings. The molecule has 0 aromatic carbocycles. The summed E-state index contributed by atoms with van der Waals surface area (Å²) in [4.78, 5) is 1.37. The van der Waals surface area contributed by atoms with Crippen molar-refractivity contribution in [3.05, 3.63) is 22.5 Å². The molecule has 0 aliphatic carbocycles. The van der Waals surface area contributed by atoms with Crippen LogP contribution in [-0.2, 0) is 0 Å². The summed E-state index contributed by atoms with van der Waals surface area (Å²) in [6.07, 6.45) is 5.55. The van der Waals surface area contributed by atoms with Crippen LogP contribution in [-0.4, -0.2) is 0 Å². The quantitative estimate of drug-likeness (QED) is 0.609. The zero-order valence-electron chi connectivity index (χ0n) is 7.92.